The molecule has 31 heavy (non-hydrogen) atoms. The van der Waals surface area contributed by atoms with Crippen molar-refractivity contribution in [1.29, 1.82) is 0 Å². The lowest BCUT2D eigenvalue weighted by molar-refractivity contribution is -0.137. The van der Waals surface area contributed by atoms with Gasteiger partial charge in [0.15, 0.2) is 5.11 Å². The number of halogens is 3. The molecule has 0 spiro atoms. The van der Waals surface area contributed by atoms with Crippen molar-refractivity contribution in [2.45, 2.75) is 38.5 Å². The highest BCUT2D eigenvalue weighted by Gasteiger charge is 2.40. The number of benzene rings is 2. The minimum Gasteiger partial charge on any atom is -0.360 e. The summed E-state index contributed by atoms with van der Waals surface area (Å²) in [4.78, 5) is 14.9. The molecule has 0 saturated carbocycles. The Labute approximate surface area is 185 Å². The molecule has 1 aliphatic rings. The zero-order valence-electron chi connectivity index (χ0n) is 17.4. The largest absolute Gasteiger partial charge is 0.416 e. The van der Waals surface area contributed by atoms with Crippen molar-refractivity contribution >= 4 is 23.2 Å². The maximum atomic E-state index is 13.2. The van der Waals surface area contributed by atoms with E-state index in [4.69, 9.17) is 12.2 Å². The van der Waals surface area contributed by atoms with Gasteiger partial charge in [-0.2, -0.15) is 13.2 Å². The molecule has 166 valence electrons. The summed E-state index contributed by atoms with van der Waals surface area (Å²) in [7, 11) is 0. The second-order valence-corrected chi connectivity index (χ2v) is 8.44. The SMILES string of the molecule is CC(C)NC(=S)N1CC(C(=O)NCc2ccccc2)C(c2cccc(C(F)(F)F)c2)C1. The van der Waals surface area contributed by atoms with Gasteiger partial charge in [0, 0.05) is 31.6 Å². The van der Waals surface area contributed by atoms with Gasteiger partial charge in [0.05, 0.1) is 11.5 Å². The van der Waals surface area contributed by atoms with Gasteiger partial charge in [-0.05, 0) is 43.3 Å². The average molecular weight is 450 g/mol. The molecular formula is C23H26F3N3OS. The Morgan fingerprint density at radius 1 is 1.13 bits per heavy atom. The van der Waals surface area contributed by atoms with Gasteiger partial charge in [0.1, 0.15) is 0 Å². The van der Waals surface area contributed by atoms with Gasteiger partial charge in [0.2, 0.25) is 5.91 Å². The molecule has 4 nitrogen and oxygen atoms in total. The molecule has 1 aliphatic heterocycles. The number of rotatable bonds is 5. The third-order valence-electron chi connectivity index (χ3n) is 5.31. The zero-order chi connectivity index (χ0) is 22.6. The van der Waals surface area contributed by atoms with Crippen molar-refractivity contribution in [3.05, 3.63) is 71.3 Å². The lowest BCUT2D eigenvalue weighted by Gasteiger charge is -2.22. The molecule has 2 atom stereocenters. The molecular weight excluding hydrogens is 423 g/mol. The van der Waals surface area contributed by atoms with Crippen LogP contribution >= 0.6 is 12.2 Å². The summed E-state index contributed by atoms with van der Waals surface area (Å²) in [6, 6.07) is 14.8. The number of alkyl halides is 3. The average Bonchev–Trinajstić information content (AvgIpc) is 3.18. The molecule has 1 heterocycles. The van der Waals surface area contributed by atoms with Crippen molar-refractivity contribution in [3.63, 3.8) is 0 Å². The van der Waals surface area contributed by atoms with Crippen LogP contribution in [0.1, 0.15) is 36.5 Å². The third kappa shape index (κ3) is 5.97. The van der Waals surface area contributed by atoms with Gasteiger partial charge in [-0.15, -0.1) is 0 Å². The van der Waals surface area contributed by atoms with Crippen molar-refractivity contribution in [1.82, 2.24) is 15.5 Å². The van der Waals surface area contributed by atoms with Gasteiger partial charge in [0.25, 0.3) is 0 Å². The Morgan fingerprint density at radius 3 is 2.48 bits per heavy atom. The second-order valence-electron chi connectivity index (χ2n) is 8.05. The van der Waals surface area contributed by atoms with E-state index in [9.17, 15) is 18.0 Å². The Hall–Kier alpha value is -2.61. The van der Waals surface area contributed by atoms with E-state index >= 15 is 0 Å². The summed E-state index contributed by atoms with van der Waals surface area (Å²) in [5, 5.41) is 6.59. The van der Waals surface area contributed by atoms with Crippen LogP contribution in [-0.2, 0) is 17.5 Å². The highest BCUT2D eigenvalue weighted by Crippen LogP contribution is 2.36. The topological polar surface area (TPSA) is 44.4 Å². The number of hydrogen-bond acceptors (Lipinski definition) is 2. The number of thiocarbonyl (C=S) groups is 1. The Kier molecular flexibility index (Phi) is 7.20. The van der Waals surface area contributed by atoms with Crippen molar-refractivity contribution < 1.29 is 18.0 Å². The number of carbonyl (C=O) groups excluding carboxylic acids is 1. The van der Waals surface area contributed by atoms with Crippen molar-refractivity contribution in [2.24, 2.45) is 5.92 Å². The Balaban J connectivity index is 1.82. The first kappa shape index (κ1) is 23.1. The predicted octanol–water partition coefficient (Wildman–Crippen LogP) is 4.32. The molecule has 2 unspecified atom stereocenters. The molecule has 0 aliphatic carbocycles. The fraction of sp³-hybridized carbons (Fsp3) is 0.391. The minimum atomic E-state index is -4.44. The lowest BCUT2D eigenvalue weighted by Crippen LogP contribution is -2.42. The predicted molar refractivity (Wildman–Crippen MR) is 118 cm³/mol. The summed E-state index contributed by atoms with van der Waals surface area (Å²) in [6.07, 6.45) is -4.44. The zero-order valence-corrected chi connectivity index (χ0v) is 18.3. The van der Waals surface area contributed by atoms with Gasteiger partial charge in [-0.3, -0.25) is 4.79 Å². The first-order valence-corrected chi connectivity index (χ1v) is 10.6. The van der Waals surface area contributed by atoms with Crippen LogP contribution in [0.3, 0.4) is 0 Å². The summed E-state index contributed by atoms with van der Waals surface area (Å²) in [6.45, 7) is 5.00. The number of nitrogens with zero attached hydrogens (tertiary/aromatic N) is 1. The molecule has 2 aromatic rings. The number of hydrogen-bond donors (Lipinski definition) is 2. The second kappa shape index (κ2) is 9.68. The van der Waals surface area contributed by atoms with Crippen molar-refractivity contribution in [3.8, 4) is 0 Å². The highest BCUT2D eigenvalue weighted by molar-refractivity contribution is 7.80. The van der Waals surface area contributed by atoms with Gasteiger partial charge in [-0.25, -0.2) is 0 Å². The molecule has 0 aromatic heterocycles. The van der Waals surface area contributed by atoms with E-state index in [-0.39, 0.29) is 11.9 Å². The van der Waals surface area contributed by atoms with Crippen LogP contribution in [0.15, 0.2) is 54.6 Å². The highest BCUT2D eigenvalue weighted by atomic mass is 32.1. The summed E-state index contributed by atoms with van der Waals surface area (Å²) >= 11 is 5.46. The fourth-order valence-corrected chi connectivity index (χ4v) is 4.16. The van der Waals surface area contributed by atoms with Gasteiger partial charge < -0.3 is 15.5 Å². The monoisotopic (exact) mass is 449 g/mol. The molecule has 8 heteroatoms. The number of amides is 1. The maximum Gasteiger partial charge on any atom is 0.416 e. The van der Waals surface area contributed by atoms with Crippen LogP contribution in [0.4, 0.5) is 13.2 Å². The van der Waals surface area contributed by atoms with E-state index in [0.717, 1.165) is 17.7 Å². The summed E-state index contributed by atoms with van der Waals surface area (Å²) < 4.78 is 39.7. The maximum absolute atomic E-state index is 13.2. The van der Waals surface area contributed by atoms with E-state index in [1.165, 1.54) is 6.07 Å². The normalized spacial score (nSPS) is 18.8. The van der Waals surface area contributed by atoms with E-state index in [2.05, 4.69) is 10.6 Å². The van der Waals surface area contributed by atoms with Crippen LogP contribution in [0, 0.1) is 5.92 Å². The number of carbonyl (C=O) groups is 1. The third-order valence-corrected chi connectivity index (χ3v) is 5.68. The van der Waals surface area contributed by atoms with Crippen LogP contribution < -0.4 is 10.6 Å². The first-order valence-electron chi connectivity index (χ1n) is 10.2. The van der Waals surface area contributed by atoms with Crippen molar-refractivity contribution in [2.75, 3.05) is 13.1 Å². The Morgan fingerprint density at radius 2 is 1.84 bits per heavy atom. The van der Waals surface area contributed by atoms with E-state index < -0.39 is 23.6 Å². The smallest absolute Gasteiger partial charge is 0.360 e. The van der Waals surface area contributed by atoms with E-state index in [1.54, 1.807) is 6.07 Å². The van der Waals surface area contributed by atoms with Gasteiger partial charge in [-0.1, -0.05) is 48.5 Å². The standard InChI is InChI=1S/C23H26F3N3OS/c1-15(2)28-22(31)29-13-19(17-9-6-10-18(11-17)23(24,25)26)20(14-29)21(30)27-12-16-7-4-3-5-8-16/h3-11,15,19-20H,12-14H2,1-2H3,(H,27,30)(H,28,31). The molecule has 0 radical (unpaired) electrons. The molecule has 0 bridgehead atoms. The summed E-state index contributed by atoms with van der Waals surface area (Å²) in [5.41, 5.74) is 0.734. The number of nitrogens with one attached hydrogen (secondary N) is 2. The molecule has 1 amide bonds. The molecule has 3 rings (SSSR count). The molecule has 1 saturated heterocycles. The lowest BCUT2D eigenvalue weighted by atomic mass is 9.87. The molecule has 2 aromatic carbocycles. The molecule has 2 N–H and O–H groups in total. The minimum absolute atomic E-state index is 0.116. The van der Waals surface area contributed by atoms with E-state index in [1.807, 2.05) is 49.1 Å². The van der Waals surface area contributed by atoms with Crippen LogP contribution in [-0.4, -0.2) is 35.1 Å². The number of likely N-dealkylation sites (tertiary alicyclic amines) is 1. The fourth-order valence-electron chi connectivity index (χ4n) is 3.77. The first-order chi connectivity index (χ1) is 14.6. The van der Waals surface area contributed by atoms with Crippen LogP contribution in [0.2, 0.25) is 0 Å². The summed E-state index contributed by atoms with van der Waals surface area (Å²) in [5.74, 6) is -1.11. The van der Waals surface area contributed by atoms with Crippen LogP contribution in [0.5, 0.6) is 0 Å². The quantitative estimate of drug-likeness (QED) is 0.668. The van der Waals surface area contributed by atoms with Gasteiger partial charge >= 0.3 is 6.18 Å². The Bertz CT molecular complexity index is 918. The van der Waals surface area contributed by atoms with E-state index in [0.29, 0.717) is 30.3 Å². The molecule has 1 fully saturated rings. The van der Waals surface area contributed by atoms with Crippen LogP contribution in [0.25, 0.3) is 0 Å².